The van der Waals surface area contributed by atoms with Crippen molar-refractivity contribution in [2.45, 2.75) is 110 Å². The van der Waals surface area contributed by atoms with Crippen LogP contribution in [-0.4, -0.2) is 62.4 Å². The monoisotopic (exact) mass is 428 g/mol. The van der Waals surface area contributed by atoms with E-state index in [2.05, 4.69) is 19.1 Å². The van der Waals surface area contributed by atoms with Crippen LogP contribution in [0.3, 0.4) is 0 Å². The molecule has 0 aromatic carbocycles. The van der Waals surface area contributed by atoms with E-state index in [0.717, 1.165) is 25.7 Å². The SMILES string of the molecule is CCCCCCC/C=C/CCCCC[N+](C(C)C(=O)O)(C(C)C(=O)O)C(C)C(=O)O. The smallest absolute Gasteiger partial charge is 0.362 e. The average molecular weight is 429 g/mol. The Bertz CT molecular complexity index is 510. The first-order chi connectivity index (χ1) is 14.1. The summed E-state index contributed by atoms with van der Waals surface area (Å²) >= 11 is 0. The number of nitrogens with zero attached hydrogens (tertiary/aromatic N) is 1. The van der Waals surface area contributed by atoms with Crippen LogP contribution in [0.4, 0.5) is 0 Å². The van der Waals surface area contributed by atoms with Gasteiger partial charge in [-0.05, 0) is 59.3 Å². The number of unbranched alkanes of at least 4 members (excludes halogenated alkanes) is 8. The summed E-state index contributed by atoms with van der Waals surface area (Å²) in [6, 6.07) is -3.39. The van der Waals surface area contributed by atoms with Gasteiger partial charge in [-0.3, -0.25) is 4.48 Å². The van der Waals surface area contributed by atoms with Gasteiger partial charge in [0.1, 0.15) is 0 Å². The number of carboxylic acids is 3. The number of allylic oxidation sites excluding steroid dienone is 2. The van der Waals surface area contributed by atoms with Crippen LogP contribution in [0.2, 0.25) is 0 Å². The Morgan fingerprint density at radius 2 is 1.03 bits per heavy atom. The van der Waals surface area contributed by atoms with Gasteiger partial charge in [-0.15, -0.1) is 0 Å². The summed E-state index contributed by atoms with van der Waals surface area (Å²) in [6.07, 6.45) is 15.0. The van der Waals surface area contributed by atoms with Crippen molar-refractivity contribution < 1.29 is 34.2 Å². The number of hydrogen-bond donors (Lipinski definition) is 3. The lowest BCUT2D eigenvalue weighted by Gasteiger charge is -2.47. The first-order valence-corrected chi connectivity index (χ1v) is 11.3. The molecule has 174 valence electrons. The van der Waals surface area contributed by atoms with Crippen molar-refractivity contribution in [1.29, 1.82) is 0 Å². The Labute approximate surface area is 181 Å². The summed E-state index contributed by atoms with van der Waals surface area (Å²) in [6.45, 7) is 6.63. The standard InChI is InChI=1S/C23H41NO6/c1-5-6-7-8-9-10-11-12-13-14-15-16-17-24(18(2)21(25)26,19(3)22(27)28)20(4)23(29)30/h11-12,18-20H,5-10,13-17H2,1-4H3,(H2-,25,26,27,28,29,30)/p+1/b12-11+. The summed E-state index contributed by atoms with van der Waals surface area (Å²) in [5.74, 6) is -3.55. The largest absolute Gasteiger partial charge is 0.477 e. The molecule has 0 heterocycles. The van der Waals surface area contributed by atoms with Crippen LogP contribution in [0.5, 0.6) is 0 Å². The second kappa shape index (κ2) is 15.0. The van der Waals surface area contributed by atoms with Crippen LogP contribution >= 0.6 is 0 Å². The summed E-state index contributed by atoms with van der Waals surface area (Å²) in [5.41, 5.74) is 0. The van der Waals surface area contributed by atoms with Crippen molar-refractivity contribution in [2.24, 2.45) is 0 Å². The lowest BCUT2D eigenvalue weighted by atomic mass is 10.00. The fourth-order valence-electron chi connectivity index (χ4n) is 4.13. The van der Waals surface area contributed by atoms with E-state index < -0.39 is 40.5 Å². The minimum Gasteiger partial charge on any atom is -0.477 e. The Kier molecular flexibility index (Phi) is 14.0. The zero-order chi connectivity index (χ0) is 23.2. The second-order valence-electron chi connectivity index (χ2n) is 8.28. The number of carbonyl (C=O) groups is 3. The van der Waals surface area contributed by atoms with E-state index >= 15 is 0 Å². The lowest BCUT2D eigenvalue weighted by molar-refractivity contribution is -0.968. The Morgan fingerprint density at radius 3 is 1.40 bits per heavy atom. The van der Waals surface area contributed by atoms with Crippen LogP contribution < -0.4 is 0 Å². The molecule has 30 heavy (non-hydrogen) atoms. The number of hydrogen-bond acceptors (Lipinski definition) is 3. The zero-order valence-corrected chi connectivity index (χ0v) is 19.2. The van der Waals surface area contributed by atoms with Crippen LogP contribution in [0.1, 0.15) is 91.9 Å². The summed E-state index contributed by atoms with van der Waals surface area (Å²) in [5, 5.41) is 28.7. The number of carboxylic acid groups (broad SMARTS) is 3. The maximum absolute atomic E-state index is 11.7. The van der Waals surface area contributed by atoms with Gasteiger partial charge in [0, 0.05) is 0 Å². The maximum Gasteiger partial charge on any atom is 0.362 e. The number of rotatable bonds is 18. The fraction of sp³-hybridized carbons (Fsp3) is 0.783. The quantitative estimate of drug-likeness (QED) is 0.166. The van der Waals surface area contributed by atoms with Gasteiger partial charge < -0.3 is 15.3 Å². The molecule has 0 aliphatic heterocycles. The molecule has 3 atom stereocenters. The van der Waals surface area contributed by atoms with E-state index in [4.69, 9.17) is 0 Å². The van der Waals surface area contributed by atoms with Crippen molar-refractivity contribution in [2.75, 3.05) is 6.54 Å². The lowest BCUT2D eigenvalue weighted by Crippen LogP contribution is -2.70. The average Bonchev–Trinajstić information content (AvgIpc) is 2.70. The van der Waals surface area contributed by atoms with Crippen molar-refractivity contribution in [1.82, 2.24) is 0 Å². The molecule has 0 aromatic rings. The molecule has 0 fully saturated rings. The molecule has 3 N–H and O–H groups in total. The molecule has 0 saturated carbocycles. The van der Waals surface area contributed by atoms with Gasteiger partial charge in [0.2, 0.25) is 0 Å². The minimum absolute atomic E-state index is 0.204. The Hall–Kier alpha value is -1.89. The first kappa shape index (κ1) is 28.1. The highest BCUT2D eigenvalue weighted by atomic mass is 16.4. The van der Waals surface area contributed by atoms with Gasteiger partial charge >= 0.3 is 17.9 Å². The molecule has 0 radical (unpaired) electrons. The molecule has 0 saturated heterocycles. The molecule has 0 aromatic heterocycles. The highest BCUT2D eigenvalue weighted by molar-refractivity contribution is 5.77. The van der Waals surface area contributed by atoms with E-state index in [1.807, 2.05) is 0 Å². The van der Waals surface area contributed by atoms with Crippen LogP contribution in [-0.2, 0) is 14.4 Å². The van der Waals surface area contributed by atoms with E-state index in [-0.39, 0.29) is 6.54 Å². The minimum atomic E-state index is -1.18. The molecule has 0 spiro atoms. The van der Waals surface area contributed by atoms with E-state index in [1.165, 1.54) is 52.9 Å². The fourth-order valence-corrected chi connectivity index (χ4v) is 4.13. The highest BCUT2D eigenvalue weighted by Gasteiger charge is 2.52. The summed E-state index contributed by atoms with van der Waals surface area (Å²) in [7, 11) is 0. The van der Waals surface area contributed by atoms with Crippen LogP contribution in [0, 0.1) is 0 Å². The van der Waals surface area contributed by atoms with Gasteiger partial charge in [-0.1, -0.05) is 44.8 Å². The van der Waals surface area contributed by atoms with Gasteiger partial charge in [-0.25, -0.2) is 14.4 Å². The molecular weight excluding hydrogens is 386 g/mol. The molecule has 7 nitrogen and oxygen atoms in total. The van der Waals surface area contributed by atoms with Gasteiger partial charge in [0.05, 0.1) is 6.54 Å². The normalized spacial score (nSPS) is 16.7. The van der Waals surface area contributed by atoms with Gasteiger partial charge in [0.25, 0.3) is 0 Å². The van der Waals surface area contributed by atoms with Crippen LogP contribution in [0.15, 0.2) is 12.2 Å². The third-order valence-corrected chi connectivity index (χ3v) is 6.29. The van der Waals surface area contributed by atoms with Crippen molar-refractivity contribution in [3.8, 4) is 0 Å². The zero-order valence-electron chi connectivity index (χ0n) is 19.2. The molecule has 3 unspecified atom stereocenters. The predicted molar refractivity (Wildman–Crippen MR) is 117 cm³/mol. The third-order valence-electron chi connectivity index (χ3n) is 6.29. The van der Waals surface area contributed by atoms with Gasteiger partial charge in [0.15, 0.2) is 18.1 Å². The topological polar surface area (TPSA) is 112 Å². The van der Waals surface area contributed by atoms with Gasteiger partial charge in [-0.2, -0.15) is 0 Å². The maximum atomic E-state index is 11.7. The van der Waals surface area contributed by atoms with E-state index in [0.29, 0.717) is 6.42 Å². The third kappa shape index (κ3) is 8.86. The molecule has 0 rings (SSSR count). The highest BCUT2D eigenvalue weighted by Crippen LogP contribution is 2.27. The first-order valence-electron chi connectivity index (χ1n) is 11.3. The summed E-state index contributed by atoms with van der Waals surface area (Å²) < 4.78 is -0.492. The molecular formula is C23H42NO6+. The Morgan fingerprint density at radius 1 is 0.667 bits per heavy atom. The molecule has 7 heteroatoms. The van der Waals surface area contributed by atoms with Crippen molar-refractivity contribution in [3.05, 3.63) is 12.2 Å². The van der Waals surface area contributed by atoms with Crippen molar-refractivity contribution in [3.63, 3.8) is 0 Å². The molecule has 0 amide bonds. The molecule has 0 aliphatic carbocycles. The number of aliphatic carboxylic acids is 3. The second-order valence-corrected chi connectivity index (χ2v) is 8.28. The molecule has 0 aliphatic rings. The Balaban J connectivity index is 4.79. The number of quaternary nitrogens is 1. The predicted octanol–water partition coefficient (Wildman–Crippen LogP) is 4.70. The van der Waals surface area contributed by atoms with Crippen LogP contribution in [0.25, 0.3) is 0 Å². The van der Waals surface area contributed by atoms with E-state index in [9.17, 15) is 29.7 Å². The summed E-state index contributed by atoms with van der Waals surface area (Å²) in [4.78, 5) is 35.1. The molecule has 0 bridgehead atoms. The van der Waals surface area contributed by atoms with E-state index in [1.54, 1.807) is 0 Å². The van der Waals surface area contributed by atoms with Crippen molar-refractivity contribution >= 4 is 17.9 Å².